The molecule has 0 saturated carbocycles. The Hall–Kier alpha value is -3.51. The van der Waals surface area contributed by atoms with Gasteiger partial charge in [-0.05, 0) is 37.1 Å². The van der Waals surface area contributed by atoms with Crippen LogP contribution in [0.5, 0.6) is 11.5 Å². The molecular formula is C19H19N4O7S-. The van der Waals surface area contributed by atoms with Crippen LogP contribution in [-0.4, -0.2) is 50.0 Å². The summed E-state index contributed by atoms with van der Waals surface area (Å²) in [6.45, 7) is 0.890. The summed E-state index contributed by atoms with van der Waals surface area (Å²) in [6.07, 6.45) is 2.70. The molecule has 164 valence electrons. The first-order valence-corrected chi connectivity index (χ1v) is 10.6. The van der Waals surface area contributed by atoms with Crippen LogP contribution in [0.4, 0.5) is 5.69 Å². The summed E-state index contributed by atoms with van der Waals surface area (Å²) < 4.78 is 31.5. The van der Waals surface area contributed by atoms with Gasteiger partial charge in [0.1, 0.15) is 5.75 Å². The van der Waals surface area contributed by atoms with Gasteiger partial charge in [0.25, 0.3) is 11.6 Å². The van der Waals surface area contributed by atoms with Crippen molar-refractivity contribution in [1.82, 2.24) is 9.73 Å². The van der Waals surface area contributed by atoms with E-state index in [1.54, 1.807) is 0 Å². The van der Waals surface area contributed by atoms with E-state index in [9.17, 15) is 28.4 Å². The topological polar surface area (TPSA) is 154 Å². The molecule has 11 nitrogen and oxygen atoms in total. The molecule has 1 aliphatic rings. The SMILES string of the molecule is COc1cc(/C=N\NC(=O)c2cccc(S(=O)(=O)N3CCCC3)c2)cc([N+](=O)[O-])c1[O-]. The molecule has 1 heterocycles. The van der Waals surface area contributed by atoms with Gasteiger partial charge in [0.05, 0.1) is 23.1 Å². The number of rotatable bonds is 7. The number of sulfonamides is 1. The molecule has 2 aromatic carbocycles. The first kappa shape index (κ1) is 22.2. The first-order valence-electron chi connectivity index (χ1n) is 9.21. The maximum absolute atomic E-state index is 12.7. The number of nitro groups is 1. The van der Waals surface area contributed by atoms with Crippen LogP contribution in [0.2, 0.25) is 0 Å². The van der Waals surface area contributed by atoms with Crippen molar-refractivity contribution in [3.63, 3.8) is 0 Å². The summed E-state index contributed by atoms with van der Waals surface area (Å²) in [6, 6.07) is 7.83. The van der Waals surface area contributed by atoms with Gasteiger partial charge in [0.2, 0.25) is 10.0 Å². The van der Waals surface area contributed by atoms with E-state index in [1.165, 1.54) is 41.7 Å². The molecule has 1 aliphatic heterocycles. The number of hydrogen-bond acceptors (Lipinski definition) is 8. The second-order valence-corrected chi connectivity index (χ2v) is 8.60. The fourth-order valence-corrected chi connectivity index (χ4v) is 4.64. The molecule has 0 aliphatic carbocycles. The van der Waals surface area contributed by atoms with Gasteiger partial charge in [-0.25, -0.2) is 13.8 Å². The Bertz CT molecular complexity index is 1140. The highest BCUT2D eigenvalue weighted by atomic mass is 32.2. The van der Waals surface area contributed by atoms with E-state index in [2.05, 4.69) is 10.5 Å². The summed E-state index contributed by atoms with van der Waals surface area (Å²) in [5, 5.41) is 26.6. The Labute approximate surface area is 178 Å². The van der Waals surface area contributed by atoms with E-state index >= 15 is 0 Å². The number of hydrazone groups is 1. The van der Waals surface area contributed by atoms with Crippen LogP contribution in [0.15, 0.2) is 46.4 Å². The van der Waals surface area contributed by atoms with Crippen molar-refractivity contribution in [2.24, 2.45) is 5.10 Å². The van der Waals surface area contributed by atoms with Gasteiger partial charge in [-0.3, -0.25) is 14.9 Å². The lowest BCUT2D eigenvalue weighted by atomic mass is 10.2. The lowest BCUT2D eigenvalue weighted by Gasteiger charge is -2.15. The quantitative estimate of drug-likeness (QED) is 0.380. The molecule has 0 bridgehead atoms. The second-order valence-electron chi connectivity index (χ2n) is 6.67. The molecule has 0 aromatic heterocycles. The Kier molecular flexibility index (Phi) is 6.51. The predicted octanol–water partition coefficient (Wildman–Crippen LogP) is 1.23. The number of hydrogen-bond donors (Lipinski definition) is 1. The Morgan fingerprint density at radius 3 is 2.61 bits per heavy atom. The Morgan fingerprint density at radius 1 is 1.26 bits per heavy atom. The minimum Gasteiger partial charge on any atom is -0.865 e. The zero-order valence-electron chi connectivity index (χ0n) is 16.5. The molecule has 0 atom stereocenters. The molecule has 0 unspecified atom stereocenters. The smallest absolute Gasteiger partial charge is 0.271 e. The highest BCUT2D eigenvalue weighted by molar-refractivity contribution is 7.89. The van der Waals surface area contributed by atoms with Gasteiger partial charge < -0.3 is 9.84 Å². The van der Waals surface area contributed by atoms with Crippen LogP contribution in [-0.2, 0) is 10.0 Å². The molecule has 12 heteroatoms. The lowest BCUT2D eigenvalue weighted by molar-refractivity contribution is -0.398. The third-order valence-electron chi connectivity index (χ3n) is 4.65. The number of benzene rings is 2. The van der Waals surface area contributed by atoms with Crippen LogP contribution in [0, 0.1) is 10.1 Å². The minimum atomic E-state index is -3.68. The molecule has 3 rings (SSSR count). The number of carbonyl (C=O) groups excluding carboxylic acids is 1. The molecule has 1 saturated heterocycles. The van der Waals surface area contributed by atoms with Gasteiger partial charge in [0.15, 0.2) is 0 Å². The van der Waals surface area contributed by atoms with Gasteiger partial charge in [-0.1, -0.05) is 6.07 Å². The standard InChI is InChI=1S/C19H20N4O7S/c1-30-17-10-13(9-16(18(17)24)23(26)27)12-20-21-19(25)14-5-4-6-15(11-14)31(28,29)22-7-2-3-8-22/h4-6,9-12,24H,2-3,7-8H2,1H3,(H,21,25)/p-1/b20-12-. The molecule has 31 heavy (non-hydrogen) atoms. The largest absolute Gasteiger partial charge is 0.865 e. The fourth-order valence-electron chi connectivity index (χ4n) is 3.08. The van der Waals surface area contributed by atoms with Crippen LogP contribution in [0.25, 0.3) is 0 Å². The molecule has 1 N–H and O–H groups in total. The molecule has 0 radical (unpaired) electrons. The number of nitrogens with zero attached hydrogens (tertiary/aromatic N) is 3. The Morgan fingerprint density at radius 2 is 1.97 bits per heavy atom. The van der Waals surface area contributed by atoms with E-state index < -0.39 is 32.3 Å². The zero-order valence-corrected chi connectivity index (χ0v) is 17.3. The maximum atomic E-state index is 12.7. The third-order valence-corrected chi connectivity index (χ3v) is 6.55. The zero-order chi connectivity index (χ0) is 22.6. The fraction of sp³-hybridized carbons (Fsp3) is 0.263. The van der Waals surface area contributed by atoms with Gasteiger partial charge >= 0.3 is 0 Å². The first-order chi connectivity index (χ1) is 14.7. The summed E-state index contributed by atoms with van der Waals surface area (Å²) in [5.41, 5.74) is 1.78. The average molecular weight is 447 g/mol. The van der Waals surface area contributed by atoms with Gasteiger partial charge in [0, 0.05) is 36.0 Å². The highest BCUT2D eigenvalue weighted by Crippen LogP contribution is 2.33. The van der Waals surface area contributed by atoms with E-state index in [0.717, 1.165) is 25.1 Å². The van der Waals surface area contributed by atoms with Gasteiger partial charge in [-0.2, -0.15) is 9.41 Å². The number of amides is 1. The van der Waals surface area contributed by atoms with Crippen molar-refractivity contribution in [3.8, 4) is 11.5 Å². The molecule has 1 amide bonds. The molecule has 1 fully saturated rings. The minimum absolute atomic E-state index is 0.0115. The number of methoxy groups -OCH3 is 1. The number of carbonyl (C=O) groups is 1. The van der Waals surface area contributed by atoms with Crippen molar-refractivity contribution in [2.75, 3.05) is 20.2 Å². The van der Waals surface area contributed by atoms with Crippen molar-refractivity contribution < 1.29 is 28.0 Å². The number of nitrogens with one attached hydrogen (secondary N) is 1. The molecule has 2 aromatic rings. The number of ether oxygens (including phenoxy) is 1. The van der Waals surface area contributed by atoms with Crippen LogP contribution < -0.4 is 15.3 Å². The summed E-state index contributed by atoms with van der Waals surface area (Å²) in [4.78, 5) is 22.5. The molecular weight excluding hydrogens is 428 g/mol. The van der Waals surface area contributed by atoms with Crippen LogP contribution in [0.1, 0.15) is 28.8 Å². The lowest BCUT2D eigenvalue weighted by Crippen LogP contribution is -2.28. The summed E-state index contributed by atoms with van der Waals surface area (Å²) in [7, 11) is -2.47. The van der Waals surface area contributed by atoms with Crippen molar-refractivity contribution in [1.29, 1.82) is 0 Å². The van der Waals surface area contributed by atoms with E-state index in [1.807, 2.05) is 0 Å². The van der Waals surface area contributed by atoms with E-state index in [4.69, 9.17) is 4.74 Å². The van der Waals surface area contributed by atoms with Crippen molar-refractivity contribution in [2.45, 2.75) is 17.7 Å². The monoisotopic (exact) mass is 447 g/mol. The summed E-state index contributed by atoms with van der Waals surface area (Å²) in [5.74, 6) is -1.77. The molecule has 0 spiro atoms. The summed E-state index contributed by atoms with van der Waals surface area (Å²) >= 11 is 0. The van der Waals surface area contributed by atoms with Crippen LogP contribution >= 0.6 is 0 Å². The van der Waals surface area contributed by atoms with Crippen molar-refractivity contribution in [3.05, 3.63) is 57.6 Å². The van der Waals surface area contributed by atoms with Crippen LogP contribution in [0.3, 0.4) is 0 Å². The average Bonchev–Trinajstić information content (AvgIpc) is 3.30. The third kappa shape index (κ3) is 4.81. The second kappa shape index (κ2) is 9.10. The predicted molar refractivity (Wildman–Crippen MR) is 109 cm³/mol. The maximum Gasteiger partial charge on any atom is 0.271 e. The highest BCUT2D eigenvalue weighted by Gasteiger charge is 2.27. The van der Waals surface area contributed by atoms with Gasteiger partial charge in [-0.15, -0.1) is 0 Å². The number of nitro benzene ring substituents is 1. The van der Waals surface area contributed by atoms with E-state index in [-0.39, 0.29) is 21.8 Å². The normalized spacial score (nSPS) is 14.6. The van der Waals surface area contributed by atoms with E-state index in [0.29, 0.717) is 13.1 Å². The Balaban J connectivity index is 1.76. The van der Waals surface area contributed by atoms with Crippen molar-refractivity contribution >= 4 is 27.8 Å².